The molecule has 0 radical (unpaired) electrons. The highest BCUT2D eigenvalue weighted by Crippen LogP contribution is 2.33. The van der Waals surface area contributed by atoms with Gasteiger partial charge in [0.05, 0.1) is 0 Å². The van der Waals surface area contributed by atoms with Crippen LogP contribution >= 0.6 is 11.3 Å². The first-order valence-electron chi connectivity index (χ1n) is 6.77. The number of aryl methyl sites for hydroxylation is 1. The van der Waals surface area contributed by atoms with Gasteiger partial charge in [0.2, 0.25) is 0 Å². The van der Waals surface area contributed by atoms with Gasteiger partial charge in [-0.15, -0.1) is 11.3 Å². The molecule has 94 valence electrons. The van der Waals surface area contributed by atoms with Crippen molar-refractivity contribution in [1.82, 2.24) is 10.2 Å². The lowest BCUT2D eigenvalue weighted by molar-refractivity contribution is 0.255. The standard InChI is InChI=1S/C14H22N2S/c1-10-7-12(9-16(10)13-4-5-13)15-8-14-6-3-11(2)17-14/h3,6,10,12-13,15H,4-5,7-9H2,1-2H3. The molecule has 1 N–H and O–H groups in total. The Labute approximate surface area is 108 Å². The Morgan fingerprint density at radius 2 is 2.24 bits per heavy atom. The summed E-state index contributed by atoms with van der Waals surface area (Å²) in [7, 11) is 0. The van der Waals surface area contributed by atoms with E-state index in [-0.39, 0.29) is 0 Å². The van der Waals surface area contributed by atoms with E-state index in [1.807, 2.05) is 11.3 Å². The Morgan fingerprint density at radius 1 is 1.41 bits per heavy atom. The average Bonchev–Trinajstić information content (AvgIpc) is 2.95. The number of nitrogens with zero attached hydrogens (tertiary/aromatic N) is 1. The predicted molar refractivity (Wildman–Crippen MR) is 73.5 cm³/mol. The molecule has 0 spiro atoms. The van der Waals surface area contributed by atoms with Crippen LogP contribution in [0.3, 0.4) is 0 Å². The molecule has 2 atom stereocenters. The second-order valence-corrected chi connectivity index (χ2v) is 6.98. The van der Waals surface area contributed by atoms with Gasteiger partial charge in [-0.3, -0.25) is 4.90 Å². The van der Waals surface area contributed by atoms with Gasteiger partial charge in [0, 0.05) is 41.0 Å². The molecule has 1 aromatic heterocycles. The smallest absolute Gasteiger partial charge is 0.0302 e. The van der Waals surface area contributed by atoms with Crippen LogP contribution in [-0.2, 0) is 6.54 Å². The maximum atomic E-state index is 3.72. The normalized spacial score (nSPS) is 30.0. The summed E-state index contributed by atoms with van der Waals surface area (Å²) in [5.74, 6) is 0. The summed E-state index contributed by atoms with van der Waals surface area (Å²) in [5, 5.41) is 3.72. The van der Waals surface area contributed by atoms with E-state index in [0.29, 0.717) is 6.04 Å². The molecule has 2 aliphatic rings. The Kier molecular flexibility index (Phi) is 3.24. The topological polar surface area (TPSA) is 15.3 Å². The Bertz CT molecular complexity index is 383. The van der Waals surface area contributed by atoms with E-state index < -0.39 is 0 Å². The number of likely N-dealkylation sites (tertiary alicyclic amines) is 1. The summed E-state index contributed by atoms with van der Waals surface area (Å²) < 4.78 is 0. The molecule has 17 heavy (non-hydrogen) atoms. The van der Waals surface area contributed by atoms with Crippen molar-refractivity contribution < 1.29 is 0 Å². The molecular weight excluding hydrogens is 228 g/mol. The van der Waals surface area contributed by atoms with E-state index in [9.17, 15) is 0 Å². The van der Waals surface area contributed by atoms with Crippen LogP contribution in [0.2, 0.25) is 0 Å². The fourth-order valence-corrected chi connectivity index (χ4v) is 3.79. The summed E-state index contributed by atoms with van der Waals surface area (Å²) >= 11 is 1.92. The third kappa shape index (κ3) is 2.72. The first-order chi connectivity index (χ1) is 8.22. The molecular formula is C14H22N2S. The lowest BCUT2D eigenvalue weighted by Gasteiger charge is -2.19. The Balaban J connectivity index is 1.49. The lowest BCUT2D eigenvalue weighted by Crippen LogP contribution is -2.33. The largest absolute Gasteiger partial charge is 0.308 e. The van der Waals surface area contributed by atoms with Gasteiger partial charge in [0.1, 0.15) is 0 Å². The van der Waals surface area contributed by atoms with Crippen LogP contribution in [0.1, 0.15) is 35.9 Å². The van der Waals surface area contributed by atoms with Crippen LogP contribution in [0.4, 0.5) is 0 Å². The summed E-state index contributed by atoms with van der Waals surface area (Å²) in [6.45, 7) is 6.88. The molecule has 2 heterocycles. The van der Waals surface area contributed by atoms with Crippen molar-refractivity contribution >= 4 is 11.3 Å². The first-order valence-corrected chi connectivity index (χ1v) is 7.58. The maximum Gasteiger partial charge on any atom is 0.0302 e. The van der Waals surface area contributed by atoms with Crippen molar-refractivity contribution in [2.24, 2.45) is 0 Å². The fraction of sp³-hybridized carbons (Fsp3) is 0.714. The lowest BCUT2D eigenvalue weighted by atomic mass is 10.2. The van der Waals surface area contributed by atoms with E-state index in [1.165, 1.54) is 35.6 Å². The minimum Gasteiger partial charge on any atom is -0.308 e. The van der Waals surface area contributed by atoms with Gasteiger partial charge < -0.3 is 5.32 Å². The highest BCUT2D eigenvalue weighted by atomic mass is 32.1. The van der Waals surface area contributed by atoms with E-state index >= 15 is 0 Å². The third-order valence-electron chi connectivity index (χ3n) is 4.00. The van der Waals surface area contributed by atoms with Gasteiger partial charge in [-0.25, -0.2) is 0 Å². The average molecular weight is 250 g/mol. The molecule has 1 saturated heterocycles. The number of nitrogens with one attached hydrogen (secondary N) is 1. The summed E-state index contributed by atoms with van der Waals surface area (Å²) in [6.07, 6.45) is 4.18. The van der Waals surface area contributed by atoms with Gasteiger partial charge in [-0.2, -0.15) is 0 Å². The zero-order valence-corrected chi connectivity index (χ0v) is 11.6. The number of rotatable bonds is 4. The number of hydrogen-bond acceptors (Lipinski definition) is 3. The van der Waals surface area contributed by atoms with Crippen LogP contribution < -0.4 is 5.32 Å². The predicted octanol–water partition coefficient (Wildman–Crippen LogP) is 2.77. The van der Waals surface area contributed by atoms with Gasteiger partial charge in [-0.1, -0.05) is 0 Å². The molecule has 2 nitrogen and oxygen atoms in total. The second-order valence-electron chi connectivity index (χ2n) is 5.60. The van der Waals surface area contributed by atoms with Crippen molar-refractivity contribution in [3.63, 3.8) is 0 Å². The minimum absolute atomic E-state index is 0.702. The Hall–Kier alpha value is -0.380. The van der Waals surface area contributed by atoms with Crippen LogP contribution in [-0.4, -0.2) is 29.6 Å². The van der Waals surface area contributed by atoms with E-state index in [1.54, 1.807) is 0 Å². The van der Waals surface area contributed by atoms with Crippen LogP contribution in [0, 0.1) is 6.92 Å². The van der Waals surface area contributed by atoms with Crippen molar-refractivity contribution in [3.05, 3.63) is 21.9 Å². The van der Waals surface area contributed by atoms with E-state index in [4.69, 9.17) is 0 Å². The van der Waals surface area contributed by atoms with Gasteiger partial charge in [-0.05, 0) is 45.2 Å². The quantitative estimate of drug-likeness (QED) is 0.884. The number of hydrogen-bond donors (Lipinski definition) is 1. The van der Waals surface area contributed by atoms with E-state index in [0.717, 1.165) is 18.6 Å². The molecule has 0 amide bonds. The molecule has 3 rings (SSSR count). The molecule has 1 aromatic rings. The third-order valence-corrected chi connectivity index (χ3v) is 5.00. The first kappa shape index (κ1) is 11.7. The van der Waals surface area contributed by atoms with Crippen molar-refractivity contribution in [2.75, 3.05) is 6.54 Å². The van der Waals surface area contributed by atoms with Crippen molar-refractivity contribution in [2.45, 2.75) is 57.8 Å². The SMILES string of the molecule is Cc1ccc(CNC2CC(C)N(C3CC3)C2)s1. The second kappa shape index (κ2) is 4.71. The van der Waals surface area contributed by atoms with Crippen LogP contribution in [0.5, 0.6) is 0 Å². The summed E-state index contributed by atoms with van der Waals surface area (Å²) in [5.41, 5.74) is 0. The number of thiophene rings is 1. The molecule has 3 heteroatoms. The molecule has 2 unspecified atom stereocenters. The van der Waals surface area contributed by atoms with Crippen LogP contribution in [0.15, 0.2) is 12.1 Å². The molecule has 1 aliphatic heterocycles. The maximum absolute atomic E-state index is 3.72. The zero-order chi connectivity index (χ0) is 11.8. The zero-order valence-electron chi connectivity index (χ0n) is 10.8. The minimum atomic E-state index is 0.702. The van der Waals surface area contributed by atoms with Crippen molar-refractivity contribution in [1.29, 1.82) is 0 Å². The highest BCUT2D eigenvalue weighted by molar-refractivity contribution is 7.11. The van der Waals surface area contributed by atoms with Crippen molar-refractivity contribution in [3.8, 4) is 0 Å². The molecule has 0 bridgehead atoms. The fourth-order valence-electron chi connectivity index (χ4n) is 2.94. The monoisotopic (exact) mass is 250 g/mol. The molecule has 1 saturated carbocycles. The van der Waals surface area contributed by atoms with Crippen LogP contribution in [0.25, 0.3) is 0 Å². The van der Waals surface area contributed by atoms with E-state index in [2.05, 4.69) is 36.2 Å². The van der Waals surface area contributed by atoms with Gasteiger partial charge in [0.25, 0.3) is 0 Å². The highest BCUT2D eigenvalue weighted by Gasteiger charge is 2.38. The molecule has 2 fully saturated rings. The summed E-state index contributed by atoms with van der Waals surface area (Å²) in [4.78, 5) is 5.60. The summed E-state index contributed by atoms with van der Waals surface area (Å²) in [6, 6.07) is 6.87. The molecule has 0 aromatic carbocycles. The molecule has 1 aliphatic carbocycles. The van der Waals surface area contributed by atoms with Gasteiger partial charge in [0.15, 0.2) is 0 Å². The Morgan fingerprint density at radius 3 is 2.88 bits per heavy atom. The van der Waals surface area contributed by atoms with Gasteiger partial charge >= 0.3 is 0 Å².